The minimum atomic E-state index is -0.229. The first kappa shape index (κ1) is 12.3. The number of benzene rings is 1. The second kappa shape index (κ2) is 6.58. The van der Waals surface area contributed by atoms with Crippen LogP contribution in [0.2, 0.25) is 0 Å². The fraction of sp³-hybridized carbons (Fsp3) is 0.467. The maximum absolute atomic E-state index is 9.50. The van der Waals surface area contributed by atoms with Crippen LogP contribution in [0.5, 0.6) is 0 Å². The van der Waals surface area contributed by atoms with Gasteiger partial charge in [-0.15, -0.1) is 0 Å². The summed E-state index contributed by atoms with van der Waals surface area (Å²) in [6.07, 6.45) is 5.85. The third-order valence-electron chi connectivity index (χ3n) is 3.10. The van der Waals surface area contributed by atoms with E-state index in [0.29, 0.717) is 6.61 Å². The van der Waals surface area contributed by atoms with E-state index in [1.807, 2.05) is 24.3 Å². The molecule has 1 aliphatic rings. The summed E-state index contributed by atoms with van der Waals surface area (Å²) in [5.74, 6) is 0. The minimum Gasteiger partial charge on any atom is -0.389 e. The van der Waals surface area contributed by atoms with E-state index in [4.69, 9.17) is 4.74 Å². The van der Waals surface area contributed by atoms with Crippen molar-refractivity contribution in [3.05, 3.63) is 47.5 Å². The molecule has 2 rings (SSSR count). The molecule has 17 heavy (non-hydrogen) atoms. The summed E-state index contributed by atoms with van der Waals surface area (Å²) >= 11 is 0. The van der Waals surface area contributed by atoms with Crippen LogP contribution in [0.1, 0.15) is 31.2 Å². The Kier molecular flexibility index (Phi) is 4.77. The highest BCUT2D eigenvalue weighted by molar-refractivity contribution is 5.13. The van der Waals surface area contributed by atoms with Gasteiger partial charge in [-0.1, -0.05) is 42.0 Å². The van der Waals surface area contributed by atoms with Crippen LogP contribution in [-0.2, 0) is 11.3 Å². The van der Waals surface area contributed by atoms with Crippen molar-refractivity contribution in [3.63, 3.8) is 0 Å². The van der Waals surface area contributed by atoms with Crippen LogP contribution in [-0.4, -0.2) is 17.8 Å². The van der Waals surface area contributed by atoms with Crippen LogP contribution in [0.3, 0.4) is 0 Å². The summed E-state index contributed by atoms with van der Waals surface area (Å²) in [6, 6.07) is 10.2. The Labute approximate surface area is 103 Å². The zero-order valence-corrected chi connectivity index (χ0v) is 10.1. The SMILES string of the molecule is OC1C=C(CCOCc2ccccc2)CCC1. The van der Waals surface area contributed by atoms with Gasteiger partial charge in [0.05, 0.1) is 19.3 Å². The molecule has 2 nitrogen and oxygen atoms in total. The Bertz CT molecular complexity index is 356. The molecule has 0 bridgehead atoms. The number of aliphatic hydroxyl groups is 1. The molecule has 0 aromatic heterocycles. The molecule has 92 valence electrons. The van der Waals surface area contributed by atoms with Gasteiger partial charge in [0.2, 0.25) is 0 Å². The van der Waals surface area contributed by atoms with E-state index in [1.165, 1.54) is 11.1 Å². The van der Waals surface area contributed by atoms with Gasteiger partial charge in [-0.25, -0.2) is 0 Å². The normalized spacial score (nSPS) is 20.1. The molecular weight excluding hydrogens is 212 g/mol. The molecule has 2 heteroatoms. The van der Waals surface area contributed by atoms with E-state index in [2.05, 4.69) is 12.1 Å². The zero-order valence-electron chi connectivity index (χ0n) is 10.1. The highest BCUT2D eigenvalue weighted by atomic mass is 16.5. The quantitative estimate of drug-likeness (QED) is 0.624. The third kappa shape index (κ3) is 4.33. The summed E-state index contributed by atoms with van der Waals surface area (Å²) in [5, 5.41) is 9.50. The van der Waals surface area contributed by atoms with E-state index in [1.54, 1.807) is 0 Å². The van der Waals surface area contributed by atoms with Gasteiger partial charge in [0.25, 0.3) is 0 Å². The molecule has 0 saturated carbocycles. The van der Waals surface area contributed by atoms with Crippen LogP contribution in [0.25, 0.3) is 0 Å². The lowest BCUT2D eigenvalue weighted by Gasteiger charge is -2.16. The summed E-state index contributed by atoms with van der Waals surface area (Å²) in [6.45, 7) is 1.42. The molecule has 1 aromatic carbocycles. The molecule has 0 radical (unpaired) electrons. The lowest BCUT2D eigenvalue weighted by Crippen LogP contribution is -2.10. The van der Waals surface area contributed by atoms with Gasteiger partial charge in [0, 0.05) is 0 Å². The smallest absolute Gasteiger partial charge is 0.0723 e. The second-order valence-electron chi connectivity index (χ2n) is 4.57. The topological polar surface area (TPSA) is 29.5 Å². The molecule has 0 aliphatic heterocycles. The molecule has 1 aliphatic carbocycles. The zero-order chi connectivity index (χ0) is 11.9. The predicted octanol–water partition coefficient (Wildman–Crippen LogP) is 3.06. The van der Waals surface area contributed by atoms with Gasteiger partial charge in [-0.05, 0) is 31.2 Å². The molecule has 1 atom stereocenters. The molecule has 0 amide bonds. The van der Waals surface area contributed by atoms with Gasteiger partial charge in [0.1, 0.15) is 0 Å². The van der Waals surface area contributed by atoms with E-state index in [9.17, 15) is 5.11 Å². The largest absolute Gasteiger partial charge is 0.389 e. The van der Waals surface area contributed by atoms with Crippen molar-refractivity contribution in [1.29, 1.82) is 0 Å². The van der Waals surface area contributed by atoms with Crippen LogP contribution >= 0.6 is 0 Å². The van der Waals surface area contributed by atoms with Crippen molar-refractivity contribution in [2.45, 2.75) is 38.4 Å². The Balaban J connectivity index is 1.66. The molecule has 0 spiro atoms. The highest BCUT2D eigenvalue weighted by Gasteiger charge is 2.10. The van der Waals surface area contributed by atoms with Crippen molar-refractivity contribution in [1.82, 2.24) is 0 Å². The second-order valence-corrected chi connectivity index (χ2v) is 4.57. The fourth-order valence-corrected chi connectivity index (χ4v) is 2.15. The van der Waals surface area contributed by atoms with E-state index in [0.717, 1.165) is 32.3 Å². The first-order valence-corrected chi connectivity index (χ1v) is 6.34. The van der Waals surface area contributed by atoms with E-state index < -0.39 is 0 Å². The standard InChI is InChI=1S/C15H20O2/c16-15-8-4-7-13(11-15)9-10-17-12-14-5-2-1-3-6-14/h1-3,5-6,11,15-16H,4,7-10,12H2. The van der Waals surface area contributed by atoms with Crippen LogP contribution in [0, 0.1) is 0 Å². The van der Waals surface area contributed by atoms with Gasteiger partial charge in [-0.3, -0.25) is 0 Å². The third-order valence-corrected chi connectivity index (χ3v) is 3.10. The Morgan fingerprint density at radius 3 is 2.82 bits per heavy atom. The molecule has 0 fully saturated rings. The number of rotatable bonds is 5. The fourth-order valence-electron chi connectivity index (χ4n) is 2.15. The first-order chi connectivity index (χ1) is 8.34. The average molecular weight is 232 g/mol. The summed E-state index contributed by atoms with van der Waals surface area (Å²) < 4.78 is 5.64. The van der Waals surface area contributed by atoms with Crippen molar-refractivity contribution >= 4 is 0 Å². The minimum absolute atomic E-state index is 0.229. The van der Waals surface area contributed by atoms with Gasteiger partial charge in [0.15, 0.2) is 0 Å². The maximum Gasteiger partial charge on any atom is 0.0723 e. The molecule has 1 N–H and O–H groups in total. The maximum atomic E-state index is 9.50. The number of aliphatic hydroxyl groups excluding tert-OH is 1. The van der Waals surface area contributed by atoms with E-state index in [-0.39, 0.29) is 6.10 Å². The average Bonchev–Trinajstić information content (AvgIpc) is 2.36. The van der Waals surface area contributed by atoms with Gasteiger partial charge in [-0.2, -0.15) is 0 Å². The molecular formula is C15H20O2. The monoisotopic (exact) mass is 232 g/mol. The summed E-state index contributed by atoms with van der Waals surface area (Å²) in [5.41, 5.74) is 2.56. The highest BCUT2D eigenvalue weighted by Crippen LogP contribution is 2.20. The lowest BCUT2D eigenvalue weighted by atomic mass is 9.96. The first-order valence-electron chi connectivity index (χ1n) is 6.34. The molecule has 0 heterocycles. The van der Waals surface area contributed by atoms with Crippen molar-refractivity contribution in [3.8, 4) is 0 Å². The summed E-state index contributed by atoms with van der Waals surface area (Å²) in [4.78, 5) is 0. The van der Waals surface area contributed by atoms with Gasteiger partial charge < -0.3 is 9.84 Å². The Morgan fingerprint density at radius 1 is 1.24 bits per heavy atom. The molecule has 1 aromatic rings. The van der Waals surface area contributed by atoms with E-state index >= 15 is 0 Å². The van der Waals surface area contributed by atoms with Crippen molar-refractivity contribution in [2.24, 2.45) is 0 Å². The molecule has 1 unspecified atom stereocenters. The Hall–Kier alpha value is -1.12. The number of hydrogen-bond acceptors (Lipinski definition) is 2. The van der Waals surface area contributed by atoms with Crippen molar-refractivity contribution < 1.29 is 9.84 Å². The summed E-state index contributed by atoms with van der Waals surface area (Å²) in [7, 11) is 0. The van der Waals surface area contributed by atoms with Gasteiger partial charge >= 0.3 is 0 Å². The Morgan fingerprint density at radius 2 is 2.06 bits per heavy atom. The predicted molar refractivity (Wildman–Crippen MR) is 68.7 cm³/mol. The van der Waals surface area contributed by atoms with Crippen LogP contribution < -0.4 is 0 Å². The number of ether oxygens (including phenoxy) is 1. The van der Waals surface area contributed by atoms with Crippen LogP contribution in [0.15, 0.2) is 42.0 Å². The lowest BCUT2D eigenvalue weighted by molar-refractivity contribution is 0.122. The van der Waals surface area contributed by atoms with Crippen molar-refractivity contribution in [2.75, 3.05) is 6.61 Å². The molecule has 0 saturated heterocycles. The number of hydrogen-bond donors (Lipinski definition) is 1. The van der Waals surface area contributed by atoms with Crippen LogP contribution in [0.4, 0.5) is 0 Å².